The minimum atomic E-state index is -4.92. The van der Waals surface area contributed by atoms with Crippen LogP contribution in [0.25, 0.3) is 50.2 Å². The SMILES string of the molecule is CCOc1ccc(-n2c([C@@H](CCNC(=O)CN(C)C)N(Cc3cccnc3)C(=O)Cc3ccc(C(F)(F)F)c(F)c3)nc3ncccc3c2=O)cc1.CCOc1ccc(-n2c([C@@H](CCNC(=O)CN(C)C)NCc3cccnc3)nc3ncccc3c2=O)cc1.CCOc1ccc(-n2c([C@H](N)CCNC(=O)CN(C)C)nc3ncccc3c2=O)cc1.O=C(O)Cc1ccc(C(F)(F)F)c(O)c1.O=Cc1cccnc1. The average Bonchev–Trinajstić information content (AvgIpc) is 0.772. The van der Waals surface area contributed by atoms with Gasteiger partial charge in [0, 0.05) is 94.1 Å². The Labute approximate surface area is 823 Å². The Hall–Kier alpha value is -16.1. The number of halogens is 7. The Morgan fingerprint density at radius 1 is 0.465 bits per heavy atom. The van der Waals surface area contributed by atoms with Crippen LogP contribution in [0, 0.1) is 5.82 Å². The fraction of sp³-hybridized carbons (Fsp3) is 0.294. The zero-order chi connectivity index (χ0) is 104. The van der Waals surface area contributed by atoms with Gasteiger partial charge in [0.05, 0.1) is 115 Å². The van der Waals surface area contributed by atoms with Gasteiger partial charge in [0.15, 0.2) is 23.2 Å². The first-order valence-corrected chi connectivity index (χ1v) is 45.4. The molecule has 0 aliphatic heterocycles. The number of pyridine rings is 6. The van der Waals surface area contributed by atoms with Gasteiger partial charge in [-0.05, 0) is 262 Å². The second kappa shape index (κ2) is 53.5. The smallest absolute Gasteiger partial charge is 0.419 e. The van der Waals surface area contributed by atoms with E-state index < -0.39 is 77.4 Å². The summed E-state index contributed by atoms with van der Waals surface area (Å²) in [5.41, 5.74) is 7.72. The van der Waals surface area contributed by atoms with Crippen molar-refractivity contribution in [2.45, 2.75) is 96.4 Å². The molecule has 4 amide bonds. The maximum atomic E-state index is 14.6. The number of aldehydes is 1. The Kier molecular flexibility index (Phi) is 40.9. The number of phenols is 1. The van der Waals surface area contributed by atoms with Crippen molar-refractivity contribution in [3.8, 4) is 40.1 Å². The first kappa shape index (κ1) is 110. The summed E-state index contributed by atoms with van der Waals surface area (Å²) in [6.07, 6.45) is 5.74. The number of carbonyl (C=O) groups is 6. The molecule has 9 heterocycles. The highest BCUT2D eigenvalue weighted by atomic mass is 19.4. The molecule has 42 heteroatoms. The highest BCUT2D eigenvalue weighted by molar-refractivity contribution is 5.82. The number of carboxylic acid groups (broad SMARTS) is 1. The molecule has 0 saturated carbocycles. The summed E-state index contributed by atoms with van der Waals surface area (Å²) in [7, 11) is 10.8. The number of aliphatic carboxylic acids is 1. The molecule has 0 unspecified atom stereocenters. The zero-order valence-corrected chi connectivity index (χ0v) is 80.3. The molecule has 8 N–H and O–H groups in total. The number of phenolic OH excluding ortho intramolecular Hbond substituents is 1. The number of alkyl halides is 6. The maximum absolute atomic E-state index is 14.6. The Morgan fingerprint density at radius 2 is 0.861 bits per heavy atom. The third-order valence-electron chi connectivity index (χ3n) is 21.1. The highest BCUT2D eigenvalue weighted by Crippen LogP contribution is 2.37. The van der Waals surface area contributed by atoms with Crippen LogP contribution >= 0.6 is 0 Å². The number of amides is 4. The van der Waals surface area contributed by atoms with E-state index in [1.54, 1.807) is 181 Å². The van der Waals surface area contributed by atoms with Crippen LogP contribution in [0.5, 0.6) is 23.0 Å². The molecule has 14 aromatic rings. The molecule has 0 spiro atoms. The van der Waals surface area contributed by atoms with Crippen LogP contribution in [0.3, 0.4) is 0 Å². The second-order valence-electron chi connectivity index (χ2n) is 33.0. The van der Waals surface area contributed by atoms with Crippen molar-refractivity contribution in [1.82, 2.24) is 99.4 Å². The number of benzene rings is 5. The van der Waals surface area contributed by atoms with Gasteiger partial charge in [0.2, 0.25) is 23.6 Å². The predicted octanol–water partition coefficient (Wildman–Crippen LogP) is 11.8. The molecule has 0 bridgehead atoms. The van der Waals surface area contributed by atoms with Crippen LogP contribution in [0.4, 0.5) is 30.7 Å². The quantitative estimate of drug-likeness (QED) is 0.0140. The van der Waals surface area contributed by atoms with Crippen LogP contribution < -0.4 is 57.9 Å². The summed E-state index contributed by atoms with van der Waals surface area (Å²) in [5, 5.41) is 30.6. The standard InChI is InChI=1S/C37H37F4N7O4.C28H33N7O3.C22H28N6O3.C9H7F3O3.C6H5NO/c1-4-52-27-12-10-26(11-13-27)48-35(45-34-28(36(48)51)8-6-17-44-34)31(15-18-43-32(49)23-46(2)3)47(22-25-7-5-16-42-21-25)33(50)20-24-9-14-29(30(38)19-24)37(39,40)41;1-4-38-22-11-9-21(10-12-22)35-27(33-26-23(28(35)37)8-6-15-31-26)24(13-16-30-25(36)19-34(2)3)32-18-20-7-5-14-29-17-20;1-4-31-16-9-7-15(8-10-16)28-21(18(23)11-13-24-19(29)14-27(2)3)26-20-17(22(28)30)6-5-12-25-20;10-9(11,12)6-2-1-5(3-7(6)13)4-8(14)15;8-5-6-2-1-3-7-4-6/h5-14,16-17,19,21,31H,4,15,18,20,22-23H2,1-3H3,(H,43,49);5-12,14-15,17,24,32H,4,13,16,18-19H2,1-3H3,(H,30,36);5-10,12,18H,4,11,13-14,23H2,1-3H3,(H,24,29);1-3,13H,4H2,(H,14,15);1-5H/t31-;24-;18-;;/m111../s1. The van der Waals surface area contributed by atoms with E-state index in [1.165, 1.54) is 26.4 Å². The number of hydrogen-bond acceptors (Lipinski definition) is 27. The number of nitrogens with one attached hydrogen (secondary N) is 4. The van der Waals surface area contributed by atoms with Crippen molar-refractivity contribution in [3.63, 3.8) is 0 Å². The van der Waals surface area contributed by atoms with E-state index in [2.05, 4.69) is 56.2 Å². The molecule has 0 radical (unpaired) electrons. The maximum Gasteiger partial charge on any atom is 0.419 e. The van der Waals surface area contributed by atoms with Gasteiger partial charge in [-0.3, -0.25) is 71.8 Å². The van der Waals surface area contributed by atoms with Crippen LogP contribution in [0.1, 0.15) is 119 Å². The number of nitrogens with zero attached hydrogens (tertiary/aromatic N) is 16. The molecule has 756 valence electrons. The lowest BCUT2D eigenvalue weighted by Gasteiger charge is -2.33. The molecule has 5 aromatic carbocycles. The highest BCUT2D eigenvalue weighted by Gasteiger charge is 2.37. The van der Waals surface area contributed by atoms with Gasteiger partial charge in [-0.15, -0.1) is 0 Å². The number of aromatic hydroxyl groups is 1. The molecule has 0 fully saturated rings. The van der Waals surface area contributed by atoms with E-state index in [9.17, 15) is 73.9 Å². The number of nitrogens with two attached hydrogens (primary N) is 1. The predicted molar refractivity (Wildman–Crippen MR) is 525 cm³/mol. The van der Waals surface area contributed by atoms with Gasteiger partial charge < -0.3 is 71.0 Å². The summed E-state index contributed by atoms with van der Waals surface area (Å²) in [5.74, 6) is -1.69. The summed E-state index contributed by atoms with van der Waals surface area (Å²) < 4.78 is 112. The molecule has 35 nitrogen and oxygen atoms in total. The number of hydrogen-bond donors (Lipinski definition) is 7. The third kappa shape index (κ3) is 32.2. The average molecular weight is 1990 g/mol. The second-order valence-corrected chi connectivity index (χ2v) is 33.0. The number of likely N-dealkylation sites (N-methyl/N-ethyl adjacent to an activating group) is 3. The van der Waals surface area contributed by atoms with E-state index >= 15 is 0 Å². The molecule has 3 atom stereocenters. The minimum absolute atomic E-state index is 0.00163. The van der Waals surface area contributed by atoms with E-state index in [0.29, 0.717) is 157 Å². The van der Waals surface area contributed by atoms with Gasteiger partial charge >= 0.3 is 18.3 Å². The van der Waals surface area contributed by atoms with Gasteiger partial charge in [0.25, 0.3) is 16.7 Å². The van der Waals surface area contributed by atoms with Crippen LogP contribution in [-0.2, 0) is 62.3 Å². The summed E-state index contributed by atoms with van der Waals surface area (Å²) in [6, 6.07) is 44.9. The van der Waals surface area contributed by atoms with Crippen LogP contribution in [0.2, 0.25) is 0 Å². The van der Waals surface area contributed by atoms with Crippen molar-refractivity contribution in [1.29, 1.82) is 0 Å². The van der Waals surface area contributed by atoms with Crippen LogP contribution in [-0.4, -0.2) is 226 Å². The van der Waals surface area contributed by atoms with E-state index in [1.807, 2.05) is 90.3 Å². The zero-order valence-electron chi connectivity index (χ0n) is 80.3. The fourth-order valence-corrected chi connectivity index (χ4v) is 14.6. The van der Waals surface area contributed by atoms with E-state index in [0.717, 1.165) is 35.8 Å². The number of fused-ring (bicyclic) bond motifs is 3. The van der Waals surface area contributed by atoms with Gasteiger partial charge in [-0.2, -0.15) is 26.3 Å². The number of aromatic nitrogens is 12. The Bertz CT molecular complexity index is 6820. The molecule has 0 saturated heterocycles. The minimum Gasteiger partial charge on any atom is -0.507 e. The summed E-state index contributed by atoms with van der Waals surface area (Å²) in [4.78, 5) is 159. The lowest BCUT2D eigenvalue weighted by Crippen LogP contribution is -2.41. The Balaban J connectivity index is 0.000000203. The third-order valence-corrected chi connectivity index (χ3v) is 21.1. The largest absolute Gasteiger partial charge is 0.507 e. The van der Waals surface area contributed by atoms with Crippen molar-refractivity contribution < 1.29 is 83.9 Å². The first-order chi connectivity index (χ1) is 68.9. The normalized spacial score (nSPS) is 11.8. The number of rotatable bonds is 38. The molecular weight excluding hydrogens is 1880 g/mol. The molecule has 14 rings (SSSR count). The van der Waals surface area contributed by atoms with E-state index in [-0.39, 0.29) is 88.9 Å². The lowest BCUT2D eigenvalue weighted by atomic mass is 10.0. The van der Waals surface area contributed by atoms with Gasteiger partial charge in [0.1, 0.15) is 46.3 Å². The molecule has 144 heavy (non-hydrogen) atoms. The number of carboxylic acids is 1. The molecule has 0 aliphatic rings. The summed E-state index contributed by atoms with van der Waals surface area (Å²) >= 11 is 0. The molecule has 9 aromatic heterocycles. The van der Waals surface area contributed by atoms with Crippen molar-refractivity contribution in [2.24, 2.45) is 5.73 Å². The monoisotopic (exact) mass is 1990 g/mol. The van der Waals surface area contributed by atoms with Crippen LogP contribution in [0.15, 0.2) is 252 Å². The van der Waals surface area contributed by atoms with Gasteiger partial charge in [-0.25, -0.2) is 34.3 Å². The molecular formula is C102H110F7N21O14. The first-order valence-electron chi connectivity index (χ1n) is 45.4. The van der Waals surface area contributed by atoms with Crippen molar-refractivity contribution >= 4 is 69.0 Å². The number of ether oxygens (including phenoxy) is 3. The van der Waals surface area contributed by atoms with Crippen molar-refractivity contribution in [3.05, 3.63) is 331 Å². The Morgan fingerprint density at radius 3 is 1.26 bits per heavy atom. The topological polar surface area (TPSA) is 440 Å². The number of carbonyl (C=O) groups excluding carboxylic acids is 5. The lowest BCUT2D eigenvalue weighted by molar-refractivity contribution is -0.140. The molecule has 0 aliphatic carbocycles. The fourth-order valence-electron chi connectivity index (χ4n) is 14.6. The summed E-state index contributed by atoms with van der Waals surface area (Å²) in [6.45, 7) is 9.12. The van der Waals surface area contributed by atoms with E-state index in [4.69, 9.17) is 40.1 Å². The van der Waals surface area contributed by atoms with Gasteiger partial charge in [-0.1, -0.05) is 24.3 Å². The van der Waals surface area contributed by atoms with Crippen molar-refractivity contribution in [2.75, 3.05) is 101 Å².